The summed E-state index contributed by atoms with van der Waals surface area (Å²) in [5.41, 5.74) is -0.0788. The Bertz CT molecular complexity index is 216. The van der Waals surface area contributed by atoms with Crippen LogP contribution in [0.2, 0.25) is 0 Å². The standard InChI is InChI=1S/C11H21NO3/c1-4-14-10(13)8-12-9-5-6-15-11(2,3)7-9/h9,12H,4-8H2,1-3H3. The van der Waals surface area contributed by atoms with Crippen molar-refractivity contribution in [2.24, 2.45) is 0 Å². The summed E-state index contributed by atoms with van der Waals surface area (Å²) in [6.07, 6.45) is 1.90. The number of esters is 1. The minimum absolute atomic E-state index is 0.0788. The fraction of sp³-hybridized carbons (Fsp3) is 0.909. The molecule has 1 atom stereocenters. The van der Waals surface area contributed by atoms with Gasteiger partial charge in [0.1, 0.15) is 0 Å². The van der Waals surface area contributed by atoms with Gasteiger partial charge in [0, 0.05) is 12.6 Å². The van der Waals surface area contributed by atoms with Crippen molar-refractivity contribution in [2.75, 3.05) is 19.8 Å². The van der Waals surface area contributed by atoms with Crippen LogP contribution in [0.5, 0.6) is 0 Å². The second-order valence-electron chi connectivity index (χ2n) is 4.48. The topological polar surface area (TPSA) is 47.6 Å². The Morgan fingerprint density at radius 3 is 2.93 bits per heavy atom. The molecule has 1 N–H and O–H groups in total. The first-order valence-corrected chi connectivity index (χ1v) is 5.56. The molecule has 0 aromatic heterocycles. The molecule has 0 amide bonds. The highest BCUT2D eigenvalue weighted by molar-refractivity contribution is 5.71. The average molecular weight is 215 g/mol. The van der Waals surface area contributed by atoms with Crippen LogP contribution < -0.4 is 5.32 Å². The zero-order valence-corrected chi connectivity index (χ0v) is 9.84. The van der Waals surface area contributed by atoms with E-state index >= 15 is 0 Å². The molecule has 0 radical (unpaired) electrons. The maximum absolute atomic E-state index is 11.1. The summed E-state index contributed by atoms with van der Waals surface area (Å²) in [4.78, 5) is 11.1. The molecule has 15 heavy (non-hydrogen) atoms. The van der Waals surface area contributed by atoms with E-state index in [-0.39, 0.29) is 11.6 Å². The van der Waals surface area contributed by atoms with Gasteiger partial charge in [0.25, 0.3) is 0 Å². The zero-order valence-electron chi connectivity index (χ0n) is 9.84. The fourth-order valence-electron chi connectivity index (χ4n) is 1.85. The number of carbonyl (C=O) groups excluding carboxylic acids is 1. The molecule has 1 fully saturated rings. The molecule has 1 unspecified atom stereocenters. The van der Waals surface area contributed by atoms with Crippen LogP contribution in [0, 0.1) is 0 Å². The molecule has 4 nitrogen and oxygen atoms in total. The van der Waals surface area contributed by atoms with Gasteiger partial charge in [-0.3, -0.25) is 4.79 Å². The van der Waals surface area contributed by atoms with Crippen molar-refractivity contribution in [1.82, 2.24) is 5.32 Å². The van der Waals surface area contributed by atoms with E-state index in [1.165, 1.54) is 0 Å². The van der Waals surface area contributed by atoms with E-state index in [1.807, 2.05) is 6.92 Å². The molecule has 0 aromatic carbocycles. The minimum atomic E-state index is -0.179. The van der Waals surface area contributed by atoms with Crippen molar-refractivity contribution in [2.45, 2.75) is 45.3 Å². The molecule has 0 bridgehead atoms. The second kappa shape index (κ2) is 5.47. The molecular weight excluding hydrogens is 194 g/mol. The molecule has 1 heterocycles. The Kier molecular flexibility index (Phi) is 4.54. The number of nitrogens with one attached hydrogen (secondary N) is 1. The highest BCUT2D eigenvalue weighted by Gasteiger charge is 2.28. The average Bonchev–Trinajstić information content (AvgIpc) is 2.14. The third kappa shape index (κ3) is 4.62. The van der Waals surface area contributed by atoms with Crippen molar-refractivity contribution >= 4 is 5.97 Å². The first-order valence-electron chi connectivity index (χ1n) is 5.56. The molecular formula is C11H21NO3. The van der Waals surface area contributed by atoms with Crippen LogP contribution in [0.3, 0.4) is 0 Å². The van der Waals surface area contributed by atoms with Crippen LogP contribution in [0.4, 0.5) is 0 Å². The van der Waals surface area contributed by atoms with Gasteiger partial charge in [-0.2, -0.15) is 0 Å². The third-order valence-corrected chi connectivity index (χ3v) is 2.54. The predicted molar refractivity (Wildman–Crippen MR) is 57.7 cm³/mol. The highest BCUT2D eigenvalue weighted by atomic mass is 16.5. The lowest BCUT2D eigenvalue weighted by molar-refractivity contribution is -0.142. The SMILES string of the molecule is CCOC(=O)CNC1CCOC(C)(C)C1. The second-order valence-corrected chi connectivity index (χ2v) is 4.48. The van der Waals surface area contributed by atoms with Gasteiger partial charge in [0.15, 0.2) is 0 Å². The monoisotopic (exact) mass is 215 g/mol. The van der Waals surface area contributed by atoms with Gasteiger partial charge >= 0.3 is 5.97 Å². The summed E-state index contributed by atoms with van der Waals surface area (Å²) in [6.45, 7) is 7.47. The quantitative estimate of drug-likeness (QED) is 0.713. The van der Waals surface area contributed by atoms with Crippen molar-refractivity contribution in [1.29, 1.82) is 0 Å². The number of ether oxygens (including phenoxy) is 2. The van der Waals surface area contributed by atoms with Gasteiger partial charge in [-0.1, -0.05) is 0 Å². The smallest absolute Gasteiger partial charge is 0.319 e. The van der Waals surface area contributed by atoms with E-state index in [0.717, 1.165) is 19.4 Å². The highest BCUT2D eigenvalue weighted by Crippen LogP contribution is 2.23. The molecule has 88 valence electrons. The van der Waals surface area contributed by atoms with E-state index in [0.29, 0.717) is 19.2 Å². The van der Waals surface area contributed by atoms with E-state index in [2.05, 4.69) is 19.2 Å². The number of carbonyl (C=O) groups is 1. The zero-order chi connectivity index (χ0) is 11.3. The molecule has 0 aliphatic carbocycles. The van der Waals surface area contributed by atoms with E-state index in [9.17, 15) is 4.79 Å². The molecule has 1 rings (SSSR count). The van der Waals surface area contributed by atoms with Crippen LogP contribution in [0.25, 0.3) is 0 Å². The van der Waals surface area contributed by atoms with E-state index in [1.54, 1.807) is 0 Å². The van der Waals surface area contributed by atoms with Gasteiger partial charge in [0.2, 0.25) is 0 Å². The Morgan fingerprint density at radius 1 is 1.60 bits per heavy atom. The van der Waals surface area contributed by atoms with Crippen LogP contribution in [-0.4, -0.2) is 37.4 Å². The summed E-state index contributed by atoms with van der Waals surface area (Å²) < 4.78 is 10.4. The molecule has 1 aliphatic heterocycles. The van der Waals surface area contributed by atoms with Gasteiger partial charge in [0.05, 0.1) is 18.8 Å². The van der Waals surface area contributed by atoms with Crippen LogP contribution in [-0.2, 0) is 14.3 Å². The lowest BCUT2D eigenvalue weighted by atomic mass is 9.94. The van der Waals surface area contributed by atoms with Crippen molar-refractivity contribution in [3.8, 4) is 0 Å². The fourth-order valence-corrected chi connectivity index (χ4v) is 1.85. The summed E-state index contributed by atoms with van der Waals surface area (Å²) in [6, 6.07) is 0.359. The van der Waals surface area contributed by atoms with Crippen LogP contribution in [0.15, 0.2) is 0 Å². The van der Waals surface area contributed by atoms with Crippen molar-refractivity contribution < 1.29 is 14.3 Å². The molecule has 4 heteroatoms. The van der Waals surface area contributed by atoms with Gasteiger partial charge in [-0.25, -0.2) is 0 Å². The largest absolute Gasteiger partial charge is 0.465 e. The number of rotatable bonds is 4. The van der Waals surface area contributed by atoms with Gasteiger partial charge in [-0.05, 0) is 33.6 Å². The Labute approximate surface area is 91.3 Å². The summed E-state index contributed by atoms with van der Waals surface area (Å²) in [5.74, 6) is -0.179. The Hall–Kier alpha value is -0.610. The van der Waals surface area contributed by atoms with Crippen molar-refractivity contribution in [3.63, 3.8) is 0 Å². The van der Waals surface area contributed by atoms with Gasteiger partial charge < -0.3 is 14.8 Å². The molecule has 0 spiro atoms. The summed E-state index contributed by atoms with van der Waals surface area (Å²) in [5, 5.41) is 3.21. The lowest BCUT2D eigenvalue weighted by Gasteiger charge is -2.35. The van der Waals surface area contributed by atoms with E-state index in [4.69, 9.17) is 9.47 Å². The maximum atomic E-state index is 11.1. The normalized spacial score (nSPS) is 24.9. The summed E-state index contributed by atoms with van der Waals surface area (Å²) >= 11 is 0. The van der Waals surface area contributed by atoms with Gasteiger partial charge in [-0.15, -0.1) is 0 Å². The molecule has 1 saturated heterocycles. The molecule has 1 aliphatic rings. The predicted octanol–water partition coefficient (Wildman–Crippen LogP) is 1.10. The first-order chi connectivity index (χ1) is 7.03. The maximum Gasteiger partial charge on any atom is 0.319 e. The number of hydrogen-bond donors (Lipinski definition) is 1. The molecule has 0 aromatic rings. The Morgan fingerprint density at radius 2 is 2.33 bits per heavy atom. The lowest BCUT2D eigenvalue weighted by Crippen LogP contribution is -2.45. The first kappa shape index (κ1) is 12.5. The minimum Gasteiger partial charge on any atom is -0.465 e. The van der Waals surface area contributed by atoms with E-state index < -0.39 is 0 Å². The Balaban J connectivity index is 2.24. The number of hydrogen-bond acceptors (Lipinski definition) is 4. The third-order valence-electron chi connectivity index (χ3n) is 2.54. The van der Waals surface area contributed by atoms with Crippen molar-refractivity contribution in [3.05, 3.63) is 0 Å². The molecule has 0 saturated carbocycles. The van der Waals surface area contributed by atoms with Crippen LogP contribution >= 0.6 is 0 Å². The summed E-state index contributed by atoms with van der Waals surface area (Å²) in [7, 11) is 0. The van der Waals surface area contributed by atoms with Crippen LogP contribution in [0.1, 0.15) is 33.6 Å².